The standard InChI is InChI=1S/C19H36O.C17H32O2.C16H30O2/c1-12(2)16(9)17(13(3)4)10-11-18(14(5)6)19(20)15(7)8;1-10(2)14(16(18)12(5)6)9-15(11(3)4)17(19)13(7)8;1-9(2)13(15(17)11(5)6)14(10(3)4)16(18)12(7)8/h12-15,17-18H,9-11H2,1-8H3;10-15H,9H2,1-8H3;9-14H,1-8H3. The van der Waals surface area contributed by atoms with Crippen LogP contribution in [0.3, 0.4) is 0 Å². The summed E-state index contributed by atoms with van der Waals surface area (Å²) in [4.78, 5) is 61.8. The highest BCUT2D eigenvalue weighted by Gasteiger charge is 2.39. The third-order valence-corrected chi connectivity index (χ3v) is 12.2. The summed E-state index contributed by atoms with van der Waals surface area (Å²) in [6.45, 7) is 53.7. The number of Topliss-reactive ketones (excluding diaryl/α,β-unsaturated/α-hetero) is 5. The predicted molar refractivity (Wildman–Crippen MR) is 247 cm³/mol. The third-order valence-electron chi connectivity index (χ3n) is 12.2. The van der Waals surface area contributed by atoms with E-state index >= 15 is 0 Å². The van der Waals surface area contributed by atoms with Gasteiger partial charge in [-0.3, -0.25) is 24.0 Å². The van der Waals surface area contributed by atoms with Crippen LogP contribution in [-0.2, 0) is 24.0 Å². The highest BCUT2D eigenvalue weighted by Crippen LogP contribution is 2.35. The lowest BCUT2D eigenvalue weighted by molar-refractivity contribution is -0.139. The monoisotopic (exact) mass is 803 g/mol. The van der Waals surface area contributed by atoms with Crippen LogP contribution in [0, 0.1) is 107 Å². The van der Waals surface area contributed by atoms with Crippen molar-refractivity contribution in [3.63, 3.8) is 0 Å². The molecule has 5 nitrogen and oxygen atoms in total. The van der Waals surface area contributed by atoms with E-state index in [9.17, 15) is 24.0 Å². The minimum Gasteiger partial charge on any atom is -0.299 e. The first-order chi connectivity index (χ1) is 25.8. The number of carbonyl (C=O) groups excluding carboxylic acids is 5. The SMILES string of the molecule is C=C(C(C)C)C(CCC(C(=O)C(C)C)C(C)C)C(C)C.CC(C)C(=O)C(C(C)C)C(C(=O)C(C)C)C(C)C.CC(C)C(=O)C(CC(C(=O)C(C)C)C(C)C)C(C)C. The highest BCUT2D eigenvalue weighted by molar-refractivity contribution is 5.92. The van der Waals surface area contributed by atoms with Gasteiger partial charge >= 0.3 is 0 Å². The number of hydrogen-bond donors (Lipinski definition) is 0. The summed E-state index contributed by atoms with van der Waals surface area (Å²) in [6, 6.07) is 0. The summed E-state index contributed by atoms with van der Waals surface area (Å²) in [5.41, 5.74) is 1.35. The molecule has 0 bridgehead atoms. The van der Waals surface area contributed by atoms with Gasteiger partial charge in [0.1, 0.15) is 28.9 Å². The zero-order valence-corrected chi connectivity index (χ0v) is 42.3. The van der Waals surface area contributed by atoms with E-state index in [4.69, 9.17) is 0 Å². The Balaban J connectivity index is -0.000000768. The molecule has 0 fully saturated rings. The molecule has 6 atom stereocenters. The van der Waals surface area contributed by atoms with Gasteiger partial charge in [0.25, 0.3) is 0 Å². The molecule has 0 amide bonds. The van der Waals surface area contributed by atoms with Crippen LogP contribution < -0.4 is 0 Å². The molecule has 0 aliphatic carbocycles. The average molecular weight is 803 g/mol. The lowest BCUT2D eigenvalue weighted by Gasteiger charge is -2.33. The molecular weight excluding hydrogens is 705 g/mol. The van der Waals surface area contributed by atoms with Gasteiger partial charge in [0, 0.05) is 59.2 Å². The van der Waals surface area contributed by atoms with Crippen LogP contribution >= 0.6 is 0 Å². The number of carbonyl (C=O) groups is 5. The molecule has 0 aromatic rings. The Labute approximate surface area is 355 Å². The van der Waals surface area contributed by atoms with Gasteiger partial charge < -0.3 is 0 Å². The number of ketones is 5. The Kier molecular flexibility index (Phi) is 29.7. The van der Waals surface area contributed by atoms with Crippen molar-refractivity contribution in [3.05, 3.63) is 12.2 Å². The average Bonchev–Trinajstić information content (AvgIpc) is 3.06. The van der Waals surface area contributed by atoms with Gasteiger partial charge in [-0.15, -0.1) is 0 Å². The van der Waals surface area contributed by atoms with Crippen LogP contribution in [0.25, 0.3) is 0 Å². The molecule has 0 rings (SSSR count). The fourth-order valence-electron chi connectivity index (χ4n) is 8.14. The van der Waals surface area contributed by atoms with Crippen LogP contribution in [0.5, 0.6) is 0 Å². The summed E-state index contributed by atoms with van der Waals surface area (Å²) >= 11 is 0. The zero-order chi connectivity index (χ0) is 46.0. The maximum Gasteiger partial charge on any atom is 0.139 e. The number of rotatable bonds is 24. The molecule has 0 radical (unpaired) electrons. The Hall–Kier alpha value is -1.91. The van der Waals surface area contributed by atoms with Crippen LogP contribution in [0.15, 0.2) is 12.2 Å². The second kappa shape index (κ2) is 28.5. The van der Waals surface area contributed by atoms with Crippen molar-refractivity contribution in [1.29, 1.82) is 0 Å². The summed E-state index contributed by atoms with van der Waals surface area (Å²) in [5, 5.41) is 0. The van der Waals surface area contributed by atoms with E-state index in [0.29, 0.717) is 59.3 Å². The molecule has 0 saturated heterocycles. The molecule has 336 valence electrons. The Morgan fingerprint density at radius 3 is 0.719 bits per heavy atom. The molecule has 0 aliphatic rings. The number of hydrogen-bond acceptors (Lipinski definition) is 5. The van der Waals surface area contributed by atoms with Gasteiger partial charge in [0.15, 0.2) is 0 Å². The molecule has 0 aromatic carbocycles. The van der Waals surface area contributed by atoms with Gasteiger partial charge in [0.05, 0.1) is 0 Å². The molecule has 57 heavy (non-hydrogen) atoms. The molecule has 0 heterocycles. The smallest absolute Gasteiger partial charge is 0.139 e. The minimum absolute atomic E-state index is 0.00128. The van der Waals surface area contributed by atoms with Crippen molar-refractivity contribution < 1.29 is 24.0 Å². The fraction of sp³-hybridized carbons (Fsp3) is 0.865. The Bertz CT molecular complexity index is 1100. The topological polar surface area (TPSA) is 85.3 Å². The first-order valence-corrected chi connectivity index (χ1v) is 23.2. The van der Waals surface area contributed by atoms with Crippen LogP contribution in [0.4, 0.5) is 0 Å². The largest absolute Gasteiger partial charge is 0.299 e. The molecular formula is C52H98O5. The first-order valence-electron chi connectivity index (χ1n) is 23.2. The lowest BCUT2D eigenvalue weighted by atomic mass is 9.69. The molecule has 0 spiro atoms. The van der Waals surface area contributed by atoms with Gasteiger partial charge in [-0.1, -0.05) is 178 Å². The van der Waals surface area contributed by atoms with Crippen molar-refractivity contribution >= 4 is 28.9 Å². The van der Waals surface area contributed by atoms with E-state index < -0.39 is 0 Å². The highest BCUT2D eigenvalue weighted by atomic mass is 16.1. The normalized spacial score (nSPS) is 15.4. The minimum atomic E-state index is -0.139. The van der Waals surface area contributed by atoms with E-state index in [0.717, 1.165) is 12.8 Å². The fourth-order valence-corrected chi connectivity index (χ4v) is 8.14. The lowest BCUT2D eigenvalue weighted by Crippen LogP contribution is -2.40. The van der Waals surface area contributed by atoms with Gasteiger partial charge in [-0.2, -0.15) is 0 Å². The van der Waals surface area contributed by atoms with Crippen LogP contribution in [0.2, 0.25) is 0 Å². The van der Waals surface area contributed by atoms with Crippen molar-refractivity contribution in [3.8, 4) is 0 Å². The van der Waals surface area contributed by atoms with E-state index in [2.05, 4.69) is 75.8 Å². The van der Waals surface area contributed by atoms with Gasteiger partial charge in [0.2, 0.25) is 0 Å². The van der Waals surface area contributed by atoms with Crippen molar-refractivity contribution in [2.45, 2.75) is 185 Å². The molecule has 6 unspecified atom stereocenters. The number of allylic oxidation sites excluding steroid dienone is 1. The first kappa shape index (κ1) is 59.4. The summed E-state index contributed by atoms with van der Waals surface area (Å²) < 4.78 is 0. The second-order valence-electron chi connectivity index (χ2n) is 21.3. The van der Waals surface area contributed by atoms with E-state index in [1.807, 2.05) is 96.9 Å². The van der Waals surface area contributed by atoms with Gasteiger partial charge in [-0.05, 0) is 66.6 Å². The Morgan fingerprint density at radius 2 is 0.526 bits per heavy atom. The summed E-state index contributed by atoms with van der Waals surface area (Å²) in [7, 11) is 0. The molecule has 0 saturated carbocycles. The van der Waals surface area contributed by atoms with Crippen molar-refractivity contribution in [1.82, 2.24) is 0 Å². The summed E-state index contributed by atoms with van der Waals surface area (Å²) in [6.07, 6.45) is 2.81. The molecule has 0 aliphatic heterocycles. The van der Waals surface area contributed by atoms with Crippen molar-refractivity contribution in [2.75, 3.05) is 0 Å². The summed E-state index contributed by atoms with van der Waals surface area (Å²) in [5.74, 6) is 4.84. The maximum absolute atomic E-state index is 12.4. The quantitative estimate of drug-likeness (QED) is 0.0907. The third kappa shape index (κ3) is 21.3. The van der Waals surface area contributed by atoms with E-state index in [1.165, 1.54) is 5.57 Å². The molecule has 0 N–H and O–H groups in total. The molecule has 5 heteroatoms. The van der Waals surface area contributed by atoms with Crippen LogP contribution in [-0.4, -0.2) is 28.9 Å². The van der Waals surface area contributed by atoms with Crippen LogP contribution in [0.1, 0.15) is 185 Å². The Morgan fingerprint density at radius 1 is 0.298 bits per heavy atom. The van der Waals surface area contributed by atoms with Gasteiger partial charge in [-0.25, -0.2) is 0 Å². The van der Waals surface area contributed by atoms with Crippen molar-refractivity contribution in [2.24, 2.45) is 107 Å². The zero-order valence-electron chi connectivity index (χ0n) is 42.3. The maximum atomic E-state index is 12.4. The second-order valence-corrected chi connectivity index (χ2v) is 21.3. The molecule has 0 aromatic heterocycles. The predicted octanol–water partition coefficient (Wildman–Crippen LogP) is 14.1. The van der Waals surface area contributed by atoms with E-state index in [1.54, 1.807) is 0 Å². The van der Waals surface area contributed by atoms with E-state index in [-0.39, 0.29) is 82.6 Å².